The Bertz CT molecular complexity index is 1220. The highest BCUT2D eigenvalue weighted by Crippen LogP contribution is 2.21. The van der Waals surface area contributed by atoms with E-state index < -0.39 is 41.6 Å². The fourth-order valence-electron chi connectivity index (χ4n) is 2.06. The molecular weight excluding hydrogens is 809 g/mol. The highest BCUT2D eigenvalue weighted by Gasteiger charge is 2.18. The standard InChI is InChI=1S/C12H26O4S.C6H14O4S.2C6H14O.2H2O4S.2H2O/c1-11(2,3)7-9-15-17(13,14)16-10-8-12(4,5)6;1-6(2,3)4-5-10-11(7,8)9;2*1-6(2,3)4-5-7;2*1-5(2,3)4;;/h7-10H2,1-6H3;4-5H2,1-3H3,(H,7,8,9);2*7H,4-5H2,1-3H3;2*(H2,1,2,3,4);2*1H2/p+3. The van der Waals surface area contributed by atoms with E-state index in [1.165, 1.54) is 0 Å². The van der Waals surface area contributed by atoms with Crippen LogP contribution in [0.3, 0.4) is 0 Å². The molecule has 11 N–H and O–H groups in total. The maximum absolute atomic E-state index is 11.4. The van der Waals surface area contributed by atoms with Crippen molar-refractivity contribution in [3.8, 4) is 0 Å². The summed E-state index contributed by atoms with van der Waals surface area (Å²) < 4.78 is 128. The van der Waals surface area contributed by atoms with E-state index >= 15 is 0 Å². The lowest BCUT2D eigenvalue weighted by Gasteiger charge is -2.18. The third-order valence-electron chi connectivity index (χ3n) is 4.97. The van der Waals surface area contributed by atoms with Crippen LogP contribution < -0.4 is 0 Å². The largest absolute Gasteiger partial charge is 1.00 e. The maximum Gasteiger partial charge on any atom is 1.00 e. The Balaban J connectivity index is -0.0000000517. The summed E-state index contributed by atoms with van der Waals surface area (Å²) in [5.41, 5.74) is 0.732. The average molecular weight is 888 g/mol. The van der Waals surface area contributed by atoms with Crippen LogP contribution in [0.4, 0.5) is 0 Å². The van der Waals surface area contributed by atoms with Crippen LogP contribution in [0, 0.1) is 27.1 Å². The Kier molecular flexibility index (Phi) is 41.2. The Morgan fingerprint density at radius 3 is 0.667 bits per heavy atom. The second kappa shape index (κ2) is 31.3. The minimum absolute atomic E-state index is 0. The molecular formula is C30H79O20S4+3. The number of aliphatic hydroxyl groups is 2. The number of hydrogen-bond acceptors (Lipinski definition) is 13. The molecule has 0 heterocycles. The molecule has 0 aromatic carbocycles. The van der Waals surface area contributed by atoms with Crippen molar-refractivity contribution in [3.63, 3.8) is 0 Å². The normalized spacial score (nSPS) is 12.4. The van der Waals surface area contributed by atoms with Crippen molar-refractivity contribution in [2.24, 2.45) is 27.1 Å². The molecule has 0 unspecified atom stereocenters. The number of aliphatic hydroxyl groups excluding tert-OH is 2. The summed E-state index contributed by atoms with van der Waals surface area (Å²) in [6, 6.07) is 0. The smallest absolute Gasteiger partial charge is 0.412 e. The lowest BCUT2D eigenvalue weighted by molar-refractivity contribution is 0.175. The van der Waals surface area contributed by atoms with E-state index in [-0.39, 0.29) is 51.3 Å². The van der Waals surface area contributed by atoms with Crippen LogP contribution in [0.2, 0.25) is 0 Å². The van der Waals surface area contributed by atoms with E-state index in [2.05, 4.69) is 45.7 Å². The first-order valence-corrected chi connectivity index (χ1v) is 21.5. The van der Waals surface area contributed by atoms with Gasteiger partial charge in [-0.2, -0.15) is 33.7 Å². The molecule has 0 aliphatic rings. The van der Waals surface area contributed by atoms with Crippen LogP contribution in [0.1, 0.15) is 140 Å². The molecule has 0 saturated heterocycles. The molecule has 0 amide bonds. The molecule has 0 aromatic heterocycles. The van der Waals surface area contributed by atoms with Gasteiger partial charge in [0.05, 0.1) is 19.8 Å². The minimum atomic E-state index is -4.67. The van der Waals surface area contributed by atoms with Gasteiger partial charge in [-0.1, -0.05) is 104 Å². The van der Waals surface area contributed by atoms with E-state index in [9.17, 15) is 16.8 Å². The second-order valence-electron chi connectivity index (χ2n) is 17.2. The topological polar surface area (TPSA) is 369 Å². The van der Waals surface area contributed by atoms with Crippen LogP contribution in [-0.4, -0.2) is 111 Å². The van der Waals surface area contributed by atoms with Crippen LogP contribution >= 0.6 is 0 Å². The van der Waals surface area contributed by atoms with Gasteiger partial charge in [0.1, 0.15) is 0 Å². The lowest BCUT2D eigenvalue weighted by atomic mass is 9.93. The zero-order valence-electron chi connectivity index (χ0n) is 37.8. The second-order valence-corrected chi connectivity index (χ2v) is 21.4. The molecule has 0 atom stereocenters. The summed E-state index contributed by atoms with van der Waals surface area (Å²) in [5.74, 6) is 0. The lowest BCUT2D eigenvalue weighted by Crippen LogP contribution is -2.18. The van der Waals surface area contributed by atoms with Crippen LogP contribution in [-0.2, 0) is 54.1 Å². The Morgan fingerprint density at radius 1 is 0.389 bits per heavy atom. The SMILES string of the molecule is CC(C)(C)CCO.CC(C)(C)CCO.CC(C)(C)CCOS(=O)(=O)O.CC(C)(C)CCOS(=O)(=O)OCCC(C)(C)C.O.O.O=S(=O)(O)O.O=S(=O)(O)O.[H+].[H+].[H+]. The number of rotatable bonds is 11. The number of hydrogen-bond donors (Lipinski definition) is 7. The van der Waals surface area contributed by atoms with Crippen molar-refractivity contribution in [2.75, 3.05) is 33.0 Å². The Morgan fingerprint density at radius 2 is 0.556 bits per heavy atom. The van der Waals surface area contributed by atoms with Gasteiger partial charge in [0.25, 0.3) is 0 Å². The van der Waals surface area contributed by atoms with E-state index in [0.29, 0.717) is 43.3 Å². The fourth-order valence-corrected chi connectivity index (χ4v) is 2.99. The molecule has 0 bridgehead atoms. The first-order valence-electron chi connectivity index (χ1n) is 16.0. The van der Waals surface area contributed by atoms with Crippen molar-refractivity contribution in [1.29, 1.82) is 0 Å². The third kappa shape index (κ3) is 132. The van der Waals surface area contributed by atoms with Crippen molar-refractivity contribution >= 4 is 41.6 Å². The van der Waals surface area contributed by atoms with Crippen molar-refractivity contribution < 1.29 is 94.4 Å². The van der Waals surface area contributed by atoms with Gasteiger partial charge in [-0.15, -0.1) is 0 Å². The van der Waals surface area contributed by atoms with Gasteiger partial charge in [0, 0.05) is 13.2 Å². The van der Waals surface area contributed by atoms with E-state index in [0.717, 1.165) is 12.8 Å². The van der Waals surface area contributed by atoms with Gasteiger partial charge < -0.3 is 21.2 Å². The van der Waals surface area contributed by atoms with E-state index in [1.54, 1.807) is 0 Å². The van der Waals surface area contributed by atoms with Gasteiger partial charge in [0.15, 0.2) is 0 Å². The molecule has 340 valence electrons. The van der Waals surface area contributed by atoms with Crippen LogP contribution in [0.5, 0.6) is 0 Å². The summed E-state index contributed by atoms with van der Waals surface area (Å²) in [5, 5.41) is 16.8. The molecule has 0 radical (unpaired) electrons. The molecule has 0 aliphatic carbocycles. The monoisotopic (exact) mass is 887 g/mol. The zero-order valence-corrected chi connectivity index (χ0v) is 38.1. The Hall–Kier alpha value is -0.680. The summed E-state index contributed by atoms with van der Waals surface area (Å²) in [4.78, 5) is 0. The molecule has 54 heavy (non-hydrogen) atoms. The quantitative estimate of drug-likeness (QED) is 0.139. The van der Waals surface area contributed by atoms with Gasteiger partial charge in [0.2, 0.25) is 0 Å². The van der Waals surface area contributed by atoms with Crippen molar-refractivity contribution in [2.45, 2.75) is 136 Å². The van der Waals surface area contributed by atoms with E-state index in [1.807, 2.05) is 62.3 Å². The highest BCUT2D eigenvalue weighted by atomic mass is 32.3. The predicted octanol–water partition coefficient (Wildman–Crippen LogP) is 4.59. The minimum Gasteiger partial charge on any atom is -0.412 e. The maximum atomic E-state index is 11.4. The summed E-state index contributed by atoms with van der Waals surface area (Å²) >= 11 is 0. The molecule has 24 heteroatoms. The predicted molar refractivity (Wildman–Crippen MR) is 212 cm³/mol. The van der Waals surface area contributed by atoms with E-state index in [4.69, 9.17) is 58.2 Å². The van der Waals surface area contributed by atoms with Crippen molar-refractivity contribution in [3.05, 3.63) is 0 Å². The molecule has 0 aromatic rings. The zero-order chi connectivity index (χ0) is 43.7. The average Bonchev–Trinajstić information content (AvgIpc) is 2.72. The molecule has 0 fully saturated rings. The Labute approximate surface area is 331 Å². The molecule has 0 aliphatic heterocycles. The highest BCUT2D eigenvalue weighted by molar-refractivity contribution is 7.82. The summed E-state index contributed by atoms with van der Waals surface area (Å²) in [6.07, 6.45) is 3.73. The third-order valence-corrected chi connectivity index (χ3v) is 6.34. The molecule has 0 rings (SSSR count). The van der Waals surface area contributed by atoms with Gasteiger partial charge >= 0.3 is 45.9 Å². The summed E-state index contributed by atoms with van der Waals surface area (Å²) in [6.45, 7) is 31.7. The first kappa shape index (κ1) is 71.1. The van der Waals surface area contributed by atoms with Crippen molar-refractivity contribution in [1.82, 2.24) is 0 Å². The van der Waals surface area contributed by atoms with Crippen LogP contribution in [0.25, 0.3) is 0 Å². The van der Waals surface area contributed by atoms with Gasteiger partial charge in [-0.3, -0.25) is 22.8 Å². The van der Waals surface area contributed by atoms with Crippen LogP contribution in [0.15, 0.2) is 0 Å². The summed E-state index contributed by atoms with van der Waals surface area (Å²) in [7, 11) is -17.4. The van der Waals surface area contributed by atoms with Gasteiger partial charge in [-0.25, -0.2) is 12.5 Å². The molecule has 20 nitrogen and oxygen atoms in total. The molecule has 0 spiro atoms. The van der Waals surface area contributed by atoms with Gasteiger partial charge in [-0.05, 0) is 59.2 Å². The fraction of sp³-hybridized carbons (Fsp3) is 1.00. The molecule has 0 saturated carbocycles. The first-order chi connectivity index (χ1) is 22.2.